The number of hydrogen-bond donors (Lipinski definition) is 0. The van der Waals surface area contributed by atoms with Gasteiger partial charge < -0.3 is 13.9 Å². The van der Waals surface area contributed by atoms with E-state index in [1.54, 1.807) is 0 Å². The maximum Gasteiger partial charge on any atom is 0.276 e. The lowest BCUT2D eigenvalue weighted by Crippen LogP contribution is -2.00. The summed E-state index contributed by atoms with van der Waals surface area (Å²) in [6.07, 6.45) is 0.898. The van der Waals surface area contributed by atoms with Crippen molar-refractivity contribution in [3.8, 4) is 11.5 Å². The Morgan fingerprint density at radius 1 is 0.963 bits per heavy atom. The summed E-state index contributed by atoms with van der Waals surface area (Å²) in [7, 11) is 0. The molecule has 142 valence electrons. The summed E-state index contributed by atoms with van der Waals surface area (Å²) < 4.78 is 17.1. The molecule has 2 aromatic carbocycles. The van der Waals surface area contributed by atoms with Gasteiger partial charge in [0.2, 0.25) is 0 Å². The van der Waals surface area contributed by atoms with Crippen molar-refractivity contribution in [2.75, 3.05) is 12.4 Å². The second-order valence-electron chi connectivity index (χ2n) is 6.39. The number of aromatic nitrogens is 2. The van der Waals surface area contributed by atoms with Gasteiger partial charge in [0.15, 0.2) is 6.61 Å². The molecule has 0 aliphatic carbocycles. The molecule has 27 heavy (non-hydrogen) atoms. The van der Waals surface area contributed by atoms with Gasteiger partial charge >= 0.3 is 0 Å². The predicted molar refractivity (Wildman–Crippen MR) is 107 cm³/mol. The molecule has 0 saturated heterocycles. The van der Waals surface area contributed by atoms with E-state index in [0.29, 0.717) is 17.7 Å². The summed E-state index contributed by atoms with van der Waals surface area (Å²) in [5.41, 5.74) is 3.51. The lowest BCUT2D eigenvalue weighted by Gasteiger charge is -2.09. The van der Waals surface area contributed by atoms with Crippen LogP contribution in [0.15, 0.2) is 52.1 Å². The van der Waals surface area contributed by atoms with Crippen molar-refractivity contribution in [2.24, 2.45) is 0 Å². The van der Waals surface area contributed by atoms with Crippen LogP contribution in [0.2, 0.25) is 0 Å². The number of rotatable bonds is 9. The van der Waals surface area contributed by atoms with Crippen molar-refractivity contribution >= 4 is 11.8 Å². The standard InChI is InChI=1S/C21H24N2O3S/c1-15-6-4-7-18(12-15)25-14-20-22-23-21(26-20)27-11-5-10-24-19-13-16(2)8-9-17(19)3/h4,6-9,12-13H,5,10-11,14H2,1-3H3. The highest BCUT2D eigenvalue weighted by atomic mass is 32.2. The normalized spacial score (nSPS) is 10.8. The lowest BCUT2D eigenvalue weighted by atomic mass is 10.1. The Morgan fingerprint density at radius 3 is 2.67 bits per heavy atom. The van der Waals surface area contributed by atoms with E-state index in [9.17, 15) is 0 Å². The number of ether oxygens (including phenoxy) is 2. The summed E-state index contributed by atoms with van der Waals surface area (Å²) >= 11 is 1.53. The molecule has 6 heteroatoms. The third-order valence-corrected chi connectivity index (χ3v) is 4.82. The molecule has 0 spiro atoms. The lowest BCUT2D eigenvalue weighted by molar-refractivity contribution is 0.252. The molecule has 0 saturated carbocycles. The quantitative estimate of drug-likeness (QED) is 0.376. The van der Waals surface area contributed by atoms with Gasteiger partial charge in [-0.15, -0.1) is 10.2 Å². The molecule has 1 heterocycles. The van der Waals surface area contributed by atoms with Crippen LogP contribution in [0.1, 0.15) is 29.0 Å². The molecule has 0 radical (unpaired) electrons. The largest absolute Gasteiger partial charge is 0.493 e. The number of aryl methyl sites for hydroxylation is 3. The Hall–Kier alpha value is -2.47. The first-order valence-electron chi connectivity index (χ1n) is 8.95. The summed E-state index contributed by atoms with van der Waals surface area (Å²) in [4.78, 5) is 0. The van der Waals surface area contributed by atoms with Gasteiger partial charge in [0.1, 0.15) is 11.5 Å². The molecule has 0 fully saturated rings. The molecule has 1 aromatic heterocycles. The fourth-order valence-corrected chi connectivity index (χ4v) is 3.16. The summed E-state index contributed by atoms with van der Waals surface area (Å²) in [5.74, 6) is 3.08. The Labute approximate surface area is 164 Å². The predicted octanol–water partition coefficient (Wildman–Crippen LogP) is 5.14. The summed E-state index contributed by atoms with van der Waals surface area (Å²) in [5, 5.41) is 8.64. The second-order valence-corrected chi connectivity index (χ2v) is 7.43. The van der Waals surface area contributed by atoms with E-state index in [2.05, 4.69) is 42.2 Å². The van der Waals surface area contributed by atoms with Crippen LogP contribution in [0.5, 0.6) is 11.5 Å². The van der Waals surface area contributed by atoms with Gasteiger partial charge in [0.05, 0.1) is 6.61 Å². The van der Waals surface area contributed by atoms with Crippen molar-refractivity contribution < 1.29 is 13.9 Å². The van der Waals surface area contributed by atoms with Crippen LogP contribution in [0.3, 0.4) is 0 Å². The van der Waals surface area contributed by atoms with Gasteiger partial charge in [-0.3, -0.25) is 0 Å². The highest BCUT2D eigenvalue weighted by Crippen LogP contribution is 2.21. The molecule has 0 N–H and O–H groups in total. The van der Waals surface area contributed by atoms with Crippen molar-refractivity contribution in [3.05, 3.63) is 65.0 Å². The van der Waals surface area contributed by atoms with E-state index in [1.165, 1.54) is 17.3 Å². The minimum atomic E-state index is 0.271. The van der Waals surface area contributed by atoms with Gasteiger partial charge in [0, 0.05) is 5.75 Å². The molecular weight excluding hydrogens is 360 g/mol. The molecule has 5 nitrogen and oxygen atoms in total. The Morgan fingerprint density at radius 2 is 1.81 bits per heavy atom. The Balaban J connectivity index is 1.37. The highest BCUT2D eigenvalue weighted by Gasteiger charge is 2.08. The van der Waals surface area contributed by atoms with Crippen molar-refractivity contribution in [1.29, 1.82) is 0 Å². The zero-order valence-electron chi connectivity index (χ0n) is 15.9. The first kappa shape index (κ1) is 19.3. The van der Waals surface area contributed by atoms with Crippen LogP contribution >= 0.6 is 11.8 Å². The molecule has 0 bridgehead atoms. The number of nitrogens with zero attached hydrogens (tertiary/aromatic N) is 2. The zero-order chi connectivity index (χ0) is 19.1. The van der Waals surface area contributed by atoms with E-state index in [4.69, 9.17) is 13.9 Å². The first-order valence-corrected chi connectivity index (χ1v) is 9.93. The zero-order valence-corrected chi connectivity index (χ0v) is 16.7. The number of benzene rings is 2. The van der Waals surface area contributed by atoms with E-state index in [0.717, 1.165) is 34.8 Å². The summed E-state index contributed by atoms with van der Waals surface area (Å²) in [6, 6.07) is 14.1. The van der Waals surface area contributed by atoms with E-state index in [-0.39, 0.29) is 6.61 Å². The SMILES string of the molecule is Cc1cccc(OCc2nnc(SCCCOc3cc(C)ccc3C)o2)c1. The average Bonchev–Trinajstić information content (AvgIpc) is 3.10. The highest BCUT2D eigenvalue weighted by molar-refractivity contribution is 7.99. The van der Waals surface area contributed by atoms with Gasteiger partial charge in [0.25, 0.3) is 11.1 Å². The maximum atomic E-state index is 5.86. The topological polar surface area (TPSA) is 57.4 Å². The van der Waals surface area contributed by atoms with E-state index < -0.39 is 0 Å². The van der Waals surface area contributed by atoms with Crippen molar-refractivity contribution in [2.45, 2.75) is 39.0 Å². The third-order valence-electron chi connectivity index (χ3n) is 3.92. The monoisotopic (exact) mass is 384 g/mol. The van der Waals surface area contributed by atoms with Crippen LogP contribution in [0.4, 0.5) is 0 Å². The van der Waals surface area contributed by atoms with Crippen molar-refractivity contribution in [1.82, 2.24) is 10.2 Å². The molecule has 3 aromatic rings. The molecule has 0 aliphatic heterocycles. The molecule has 0 unspecified atom stereocenters. The molecule has 3 rings (SSSR count). The fraction of sp³-hybridized carbons (Fsp3) is 0.333. The van der Waals surface area contributed by atoms with Crippen LogP contribution in [-0.4, -0.2) is 22.6 Å². The minimum Gasteiger partial charge on any atom is -0.493 e. The van der Waals surface area contributed by atoms with Crippen LogP contribution in [-0.2, 0) is 6.61 Å². The van der Waals surface area contributed by atoms with Crippen molar-refractivity contribution in [3.63, 3.8) is 0 Å². The van der Waals surface area contributed by atoms with E-state index >= 15 is 0 Å². The number of hydrogen-bond acceptors (Lipinski definition) is 6. The van der Waals surface area contributed by atoms with E-state index in [1.807, 2.05) is 31.2 Å². The Bertz CT molecular complexity index is 879. The van der Waals surface area contributed by atoms with Gasteiger partial charge in [-0.2, -0.15) is 0 Å². The fourth-order valence-electron chi connectivity index (χ4n) is 2.47. The molecule has 0 atom stereocenters. The number of thioether (sulfide) groups is 1. The molecule has 0 aliphatic rings. The van der Waals surface area contributed by atoms with Gasteiger partial charge in [-0.1, -0.05) is 36.0 Å². The van der Waals surface area contributed by atoms with Crippen LogP contribution in [0.25, 0.3) is 0 Å². The first-order chi connectivity index (χ1) is 13.1. The molecule has 0 amide bonds. The smallest absolute Gasteiger partial charge is 0.276 e. The van der Waals surface area contributed by atoms with Gasteiger partial charge in [-0.05, 0) is 62.1 Å². The van der Waals surface area contributed by atoms with Gasteiger partial charge in [-0.25, -0.2) is 0 Å². The molecular formula is C21H24N2O3S. The third kappa shape index (κ3) is 6.03. The van der Waals surface area contributed by atoms with Crippen LogP contribution in [0, 0.1) is 20.8 Å². The Kier molecular flexibility index (Phi) is 6.76. The second kappa shape index (κ2) is 9.46. The maximum absolute atomic E-state index is 5.86. The minimum absolute atomic E-state index is 0.271. The summed E-state index contributed by atoms with van der Waals surface area (Å²) in [6.45, 7) is 7.08. The van der Waals surface area contributed by atoms with Crippen LogP contribution < -0.4 is 9.47 Å². The average molecular weight is 385 g/mol.